The van der Waals surface area contributed by atoms with Gasteiger partial charge >= 0.3 is 23.9 Å². The van der Waals surface area contributed by atoms with E-state index in [-0.39, 0.29) is 6.61 Å². The van der Waals surface area contributed by atoms with Crippen LogP contribution in [0.15, 0.2) is 24.3 Å². The molecule has 12 heteroatoms. The van der Waals surface area contributed by atoms with Crippen molar-refractivity contribution in [3.05, 3.63) is 29.8 Å². The van der Waals surface area contributed by atoms with Gasteiger partial charge in [0.2, 0.25) is 0 Å². The summed E-state index contributed by atoms with van der Waals surface area (Å²) < 4.78 is 47.5. The van der Waals surface area contributed by atoms with Gasteiger partial charge in [-0.25, -0.2) is 0 Å². The van der Waals surface area contributed by atoms with Crippen LogP contribution >= 0.6 is 0 Å². The highest BCUT2D eigenvalue weighted by atomic mass is 16.7. The largest absolute Gasteiger partial charge is 0.497 e. The Kier molecular flexibility index (Phi) is 14.9. The van der Waals surface area contributed by atoms with Crippen LogP contribution in [0.25, 0.3) is 0 Å². The Labute approximate surface area is 298 Å². The van der Waals surface area contributed by atoms with Gasteiger partial charge in [0.1, 0.15) is 18.5 Å². The summed E-state index contributed by atoms with van der Waals surface area (Å²) in [7, 11) is 1.60. The summed E-state index contributed by atoms with van der Waals surface area (Å²) in [6.07, 6.45) is -6.61. The van der Waals surface area contributed by atoms with Gasteiger partial charge in [-0.1, -0.05) is 12.1 Å². The summed E-state index contributed by atoms with van der Waals surface area (Å²) in [5, 5.41) is 0. The van der Waals surface area contributed by atoms with Crippen LogP contribution in [-0.4, -0.2) is 81.0 Å². The smallest absolute Gasteiger partial charge is 0.311 e. The van der Waals surface area contributed by atoms with Crippen LogP contribution in [0.5, 0.6) is 5.75 Å². The molecule has 1 fully saturated rings. The van der Waals surface area contributed by atoms with Gasteiger partial charge in [0.05, 0.1) is 41.5 Å². The van der Waals surface area contributed by atoms with E-state index in [2.05, 4.69) is 0 Å². The second-order valence-electron chi connectivity index (χ2n) is 16.9. The summed E-state index contributed by atoms with van der Waals surface area (Å²) in [4.78, 5) is 53.1. The zero-order chi connectivity index (χ0) is 38.2. The van der Waals surface area contributed by atoms with E-state index in [1.807, 2.05) is 24.3 Å². The zero-order valence-corrected chi connectivity index (χ0v) is 32.5. The fourth-order valence-electron chi connectivity index (χ4n) is 4.26. The van der Waals surface area contributed by atoms with E-state index in [9.17, 15) is 19.2 Å². The van der Waals surface area contributed by atoms with Crippen molar-refractivity contribution in [3.8, 4) is 5.75 Å². The molecule has 1 aromatic rings. The average molecular weight is 709 g/mol. The number of hydrogen-bond donors (Lipinski definition) is 0. The lowest BCUT2D eigenvalue weighted by atomic mass is 9.93. The molecule has 0 radical (unpaired) electrons. The molecule has 0 bridgehead atoms. The second kappa shape index (κ2) is 17.3. The molecule has 1 aliphatic heterocycles. The molecule has 0 unspecified atom stereocenters. The molecule has 0 aliphatic carbocycles. The second-order valence-corrected chi connectivity index (χ2v) is 16.9. The number of hydrogen-bond acceptors (Lipinski definition) is 12. The third-order valence-corrected chi connectivity index (χ3v) is 7.61. The molecule has 12 nitrogen and oxygen atoms in total. The molecule has 0 saturated carbocycles. The predicted octanol–water partition coefficient (Wildman–Crippen LogP) is 6.19. The third-order valence-electron chi connectivity index (χ3n) is 7.61. The third kappa shape index (κ3) is 13.2. The molecule has 1 heterocycles. The summed E-state index contributed by atoms with van der Waals surface area (Å²) in [5.41, 5.74) is -2.77. The molecule has 0 amide bonds. The lowest BCUT2D eigenvalue weighted by Crippen LogP contribution is -2.64. The van der Waals surface area contributed by atoms with E-state index in [4.69, 9.17) is 37.9 Å². The van der Waals surface area contributed by atoms with Crippen molar-refractivity contribution in [2.45, 2.75) is 140 Å². The first kappa shape index (κ1) is 42.9. The van der Waals surface area contributed by atoms with Crippen LogP contribution in [0, 0.1) is 21.7 Å². The van der Waals surface area contributed by atoms with Crippen molar-refractivity contribution in [2.75, 3.05) is 20.3 Å². The van der Waals surface area contributed by atoms with Gasteiger partial charge in [0.25, 0.3) is 0 Å². The van der Waals surface area contributed by atoms with Gasteiger partial charge in [-0.05, 0) is 114 Å². The van der Waals surface area contributed by atoms with Gasteiger partial charge in [-0.3, -0.25) is 19.2 Å². The minimum Gasteiger partial charge on any atom is -0.497 e. The summed E-state index contributed by atoms with van der Waals surface area (Å²) >= 11 is 0. The first-order valence-electron chi connectivity index (χ1n) is 17.2. The molecule has 6 atom stereocenters. The summed E-state index contributed by atoms with van der Waals surface area (Å²) in [6, 6.07) is 7.54. The SMILES string of the molecule is COc1ccc(COCC[C@H](C)O[C@@H]2O[C@H](COC(=O)C(C)(C)C)[C@@H](OC(=O)C(C)(C)C)[C@H](OC(=O)C(C)(C)C)[C@H]2OC(=O)C(C)(C)C)cc1. The maximum absolute atomic E-state index is 13.5. The summed E-state index contributed by atoms with van der Waals surface area (Å²) in [6.45, 7) is 22.3. The predicted molar refractivity (Wildman–Crippen MR) is 185 cm³/mol. The first-order chi connectivity index (χ1) is 22.8. The van der Waals surface area contributed by atoms with Crippen LogP contribution in [0.2, 0.25) is 0 Å². The van der Waals surface area contributed by atoms with Gasteiger partial charge < -0.3 is 37.9 Å². The minimum atomic E-state index is -1.38. The summed E-state index contributed by atoms with van der Waals surface area (Å²) in [5.74, 6) is -1.66. The number of rotatable bonds is 13. The Bertz CT molecular complexity index is 1280. The molecule has 0 aromatic heterocycles. The van der Waals surface area contributed by atoms with Crippen molar-refractivity contribution >= 4 is 23.9 Å². The maximum Gasteiger partial charge on any atom is 0.311 e. The molecule has 0 spiro atoms. The Morgan fingerprint density at radius 3 is 1.60 bits per heavy atom. The topological polar surface area (TPSA) is 142 Å². The standard InChI is InChI=1S/C38H60O12/c1-23(19-20-44-21-24-15-17-25(43-14)18-16-24)46-30-29(50-34(42)38(11,12)13)28(49-33(41)37(8,9)10)27(48-32(40)36(5,6)7)26(47-30)22-45-31(39)35(2,3)4/h15-18,23,26-30H,19-22H2,1-14H3/t23-,26+,27+,28-,29+,30+/m0/s1. The molecule has 284 valence electrons. The highest BCUT2D eigenvalue weighted by Crippen LogP contribution is 2.35. The van der Waals surface area contributed by atoms with Gasteiger partial charge in [0.15, 0.2) is 24.6 Å². The highest BCUT2D eigenvalue weighted by Gasteiger charge is 2.55. The van der Waals surface area contributed by atoms with Crippen molar-refractivity contribution < 1.29 is 57.1 Å². The van der Waals surface area contributed by atoms with Crippen LogP contribution < -0.4 is 4.74 Å². The van der Waals surface area contributed by atoms with E-state index in [1.54, 1.807) is 97.1 Å². The Morgan fingerprint density at radius 1 is 0.680 bits per heavy atom. The van der Waals surface area contributed by atoms with E-state index < -0.39 is 82.3 Å². The minimum absolute atomic E-state index is 0.327. The molecule has 1 aromatic carbocycles. The molecule has 0 N–H and O–H groups in total. The van der Waals surface area contributed by atoms with Gasteiger partial charge in [-0.2, -0.15) is 0 Å². The van der Waals surface area contributed by atoms with Gasteiger partial charge in [0, 0.05) is 6.61 Å². The fourth-order valence-corrected chi connectivity index (χ4v) is 4.26. The van der Waals surface area contributed by atoms with E-state index in [1.165, 1.54) is 0 Å². The van der Waals surface area contributed by atoms with Crippen molar-refractivity contribution in [1.29, 1.82) is 0 Å². The van der Waals surface area contributed by atoms with Crippen LogP contribution in [0.3, 0.4) is 0 Å². The van der Waals surface area contributed by atoms with Crippen LogP contribution in [0.4, 0.5) is 0 Å². The number of carbonyl (C=O) groups excluding carboxylic acids is 4. The van der Waals surface area contributed by atoms with E-state index in [0.29, 0.717) is 19.6 Å². The fraction of sp³-hybridized carbons (Fsp3) is 0.737. The van der Waals surface area contributed by atoms with E-state index >= 15 is 0 Å². The molecule has 1 aliphatic rings. The van der Waals surface area contributed by atoms with E-state index in [0.717, 1.165) is 11.3 Å². The molecule has 1 saturated heterocycles. The maximum atomic E-state index is 13.5. The normalized spacial score (nSPS) is 22.2. The van der Waals surface area contributed by atoms with Crippen LogP contribution in [0.1, 0.15) is 102 Å². The average Bonchev–Trinajstić information content (AvgIpc) is 2.99. The number of ether oxygens (including phenoxy) is 8. The van der Waals surface area contributed by atoms with Crippen molar-refractivity contribution in [1.82, 2.24) is 0 Å². The number of carbonyl (C=O) groups is 4. The Hall–Kier alpha value is -3.22. The quantitative estimate of drug-likeness (QED) is 0.131. The van der Waals surface area contributed by atoms with Gasteiger partial charge in [-0.15, -0.1) is 0 Å². The molecule has 2 rings (SSSR count). The number of benzene rings is 1. The Morgan fingerprint density at radius 2 is 1.14 bits per heavy atom. The molecular weight excluding hydrogens is 648 g/mol. The van der Waals surface area contributed by atoms with Crippen LogP contribution in [-0.2, 0) is 58.9 Å². The molecule has 50 heavy (non-hydrogen) atoms. The lowest BCUT2D eigenvalue weighted by Gasteiger charge is -2.46. The zero-order valence-electron chi connectivity index (χ0n) is 32.5. The number of esters is 4. The Balaban J connectivity index is 2.48. The number of methoxy groups -OCH3 is 1. The first-order valence-corrected chi connectivity index (χ1v) is 17.2. The molecular formula is C38H60O12. The highest BCUT2D eigenvalue weighted by molar-refractivity contribution is 5.78. The lowest BCUT2D eigenvalue weighted by molar-refractivity contribution is -0.320. The van der Waals surface area contributed by atoms with Crippen molar-refractivity contribution in [3.63, 3.8) is 0 Å². The van der Waals surface area contributed by atoms with Crippen molar-refractivity contribution in [2.24, 2.45) is 21.7 Å². The monoisotopic (exact) mass is 708 g/mol.